The van der Waals surface area contributed by atoms with E-state index in [9.17, 15) is 0 Å². The molecule has 0 radical (unpaired) electrons. The standard InChI is InChI=1S/C14H19ClN4O2/c1-14(2)6-9(4-5-21-14)19-10(7-15)18-11-12(19)16-8-17-13(11)20-3/h8-9H,4-7H2,1-3H3. The number of imidazole rings is 1. The summed E-state index contributed by atoms with van der Waals surface area (Å²) < 4.78 is 13.2. The molecule has 1 aliphatic heterocycles. The zero-order valence-corrected chi connectivity index (χ0v) is 13.2. The van der Waals surface area contributed by atoms with Crippen LogP contribution in [0.3, 0.4) is 0 Å². The van der Waals surface area contributed by atoms with Crippen LogP contribution in [0.2, 0.25) is 0 Å². The van der Waals surface area contributed by atoms with Gasteiger partial charge in [-0.25, -0.2) is 9.97 Å². The second-order valence-electron chi connectivity index (χ2n) is 5.84. The molecule has 3 heterocycles. The van der Waals surface area contributed by atoms with Crippen molar-refractivity contribution in [2.45, 2.75) is 44.2 Å². The summed E-state index contributed by atoms with van der Waals surface area (Å²) >= 11 is 6.09. The fourth-order valence-corrected chi connectivity index (χ4v) is 3.17. The maximum atomic E-state index is 6.09. The van der Waals surface area contributed by atoms with Gasteiger partial charge in [0.15, 0.2) is 11.2 Å². The van der Waals surface area contributed by atoms with Crippen molar-refractivity contribution >= 4 is 22.8 Å². The molecule has 3 rings (SSSR count). The zero-order chi connectivity index (χ0) is 15.0. The molecule has 2 aromatic heterocycles. The maximum Gasteiger partial charge on any atom is 0.245 e. The van der Waals surface area contributed by atoms with Gasteiger partial charge >= 0.3 is 0 Å². The van der Waals surface area contributed by atoms with Crippen LogP contribution in [0.5, 0.6) is 5.88 Å². The quantitative estimate of drug-likeness (QED) is 0.816. The molecule has 0 aromatic carbocycles. The summed E-state index contributed by atoms with van der Waals surface area (Å²) in [5.74, 6) is 1.61. The van der Waals surface area contributed by atoms with Crippen molar-refractivity contribution in [3.05, 3.63) is 12.2 Å². The van der Waals surface area contributed by atoms with Crippen LogP contribution < -0.4 is 4.74 Å². The first-order valence-corrected chi connectivity index (χ1v) is 7.55. The molecule has 0 bridgehead atoms. The Morgan fingerprint density at radius 2 is 2.29 bits per heavy atom. The van der Waals surface area contributed by atoms with Gasteiger partial charge in [-0.2, -0.15) is 4.98 Å². The first-order chi connectivity index (χ1) is 10.1. The Bertz CT molecular complexity index is 656. The Kier molecular flexibility index (Phi) is 3.75. The van der Waals surface area contributed by atoms with Crippen LogP contribution in [-0.2, 0) is 10.6 Å². The van der Waals surface area contributed by atoms with Crippen molar-refractivity contribution in [1.29, 1.82) is 0 Å². The molecular weight excluding hydrogens is 292 g/mol. The smallest absolute Gasteiger partial charge is 0.245 e. The third kappa shape index (κ3) is 2.58. The highest BCUT2D eigenvalue weighted by Gasteiger charge is 2.32. The molecule has 1 saturated heterocycles. The van der Waals surface area contributed by atoms with E-state index < -0.39 is 0 Å². The normalized spacial score (nSPS) is 21.6. The maximum absolute atomic E-state index is 6.09. The van der Waals surface area contributed by atoms with Crippen molar-refractivity contribution in [3.63, 3.8) is 0 Å². The van der Waals surface area contributed by atoms with E-state index in [-0.39, 0.29) is 11.6 Å². The van der Waals surface area contributed by atoms with Crippen LogP contribution in [0.4, 0.5) is 0 Å². The number of hydrogen-bond donors (Lipinski definition) is 0. The molecule has 7 heteroatoms. The highest BCUT2D eigenvalue weighted by atomic mass is 35.5. The van der Waals surface area contributed by atoms with Gasteiger partial charge in [-0.05, 0) is 26.7 Å². The SMILES string of the molecule is COc1ncnc2c1nc(CCl)n2C1CCOC(C)(C)C1. The highest BCUT2D eigenvalue weighted by molar-refractivity contribution is 6.16. The van der Waals surface area contributed by atoms with Crippen LogP contribution in [0.15, 0.2) is 6.33 Å². The fourth-order valence-electron chi connectivity index (χ4n) is 2.98. The van der Waals surface area contributed by atoms with E-state index in [1.807, 2.05) is 0 Å². The monoisotopic (exact) mass is 310 g/mol. The van der Waals surface area contributed by atoms with Gasteiger partial charge in [0.05, 0.1) is 18.6 Å². The lowest BCUT2D eigenvalue weighted by Crippen LogP contribution is -2.35. The fraction of sp³-hybridized carbons (Fsp3) is 0.643. The molecular formula is C14H19ClN4O2. The van der Waals surface area contributed by atoms with Gasteiger partial charge in [-0.3, -0.25) is 0 Å². The zero-order valence-electron chi connectivity index (χ0n) is 12.5. The van der Waals surface area contributed by atoms with Gasteiger partial charge < -0.3 is 14.0 Å². The predicted molar refractivity (Wildman–Crippen MR) is 79.7 cm³/mol. The lowest BCUT2D eigenvalue weighted by atomic mass is 9.93. The van der Waals surface area contributed by atoms with E-state index in [0.29, 0.717) is 17.3 Å². The molecule has 2 aromatic rings. The molecule has 0 saturated carbocycles. The van der Waals surface area contributed by atoms with E-state index in [2.05, 4.69) is 33.4 Å². The molecule has 0 aliphatic carbocycles. The largest absolute Gasteiger partial charge is 0.479 e. The summed E-state index contributed by atoms with van der Waals surface area (Å²) in [6, 6.07) is 0.270. The lowest BCUT2D eigenvalue weighted by molar-refractivity contribution is -0.0688. The van der Waals surface area contributed by atoms with Crippen LogP contribution in [0, 0.1) is 0 Å². The van der Waals surface area contributed by atoms with E-state index in [0.717, 1.165) is 30.9 Å². The average molecular weight is 311 g/mol. The first-order valence-electron chi connectivity index (χ1n) is 7.01. The predicted octanol–water partition coefficient (Wildman–Crippen LogP) is 2.70. The van der Waals surface area contributed by atoms with Crippen LogP contribution in [0.1, 0.15) is 38.6 Å². The third-order valence-corrected chi connectivity index (χ3v) is 4.10. The number of alkyl halides is 1. The van der Waals surface area contributed by atoms with Gasteiger partial charge in [0.1, 0.15) is 12.2 Å². The van der Waals surface area contributed by atoms with Gasteiger partial charge in [-0.15, -0.1) is 11.6 Å². The van der Waals surface area contributed by atoms with Crippen LogP contribution in [-0.4, -0.2) is 38.8 Å². The number of aromatic nitrogens is 4. The summed E-state index contributed by atoms with van der Waals surface area (Å²) in [5, 5.41) is 0. The molecule has 0 N–H and O–H groups in total. The van der Waals surface area contributed by atoms with Gasteiger partial charge in [-0.1, -0.05) is 0 Å². The third-order valence-electron chi connectivity index (χ3n) is 3.87. The summed E-state index contributed by atoms with van der Waals surface area (Å²) in [6.07, 6.45) is 3.32. The highest BCUT2D eigenvalue weighted by Crippen LogP contribution is 2.36. The second-order valence-corrected chi connectivity index (χ2v) is 6.11. The van der Waals surface area contributed by atoms with E-state index in [4.69, 9.17) is 21.1 Å². The molecule has 1 aliphatic rings. The average Bonchev–Trinajstić information content (AvgIpc) is 2.84. The summed E-state index contributed by atoms with van der Waals surface area (Å²) in [5.41, 5.74) is 1.29. The Balaban J connectivity index is 2.12. The van der Waals surface area contributed by atoms with Crippen LogP contribution >= 0.6 is 11.6 Å². The molecule has 6 nitrogen and oxygen atoms in total. The minimum absolute atomic E-state index is 0.153. The number of methoxy groups -OCH3 is 1. The molecule has 1 fully saturated rings. The van der Waals surface area contributed by atoms with Crippen molar-refractivity contribution < 1.29 is 9.47 Å². The Morgan fingerprint density at radius 3 is 2.95 bits per heavy atom. The molecule has 114 valence electrons. The molecule has 1 atom stereocenters. The molecule has 21 heavy (non-hydrogen) atoms. The molecule has 1 unspecified atom stereocenters. The van der Waals surface area contributed by atoms with E-state index in [1.165, 1.54) is 6.33 Å². The van der Waals surface area contributed by atoms with Crippen molar-refractivity contribution in [2.24, 2.45) is 0 Å². The molecule has 0 amide bonds. The summed E-state index contributed by atoms with van der Waals surface area (Å²) in [6.45, 7) is 4.93. The summed E-state index contributed by atoms with van der Waals surface area (Å²) in [4.78, 5) is 13.1. The van der Waals surface area contributed by atoms with E-state index >= 15 is 0 Å². The Labute approximate surface area is 128 Å². The number of fused-ring (bicyclic) bond motifs is 1. The Hall–Kier alpha value is -1.40. The summed E-state index contributed by atoms with van der Waals surface area (Å²) in [7, 11) is 1.58. The Morgan fingerprint density at radius 1 is 1.48 bits per heavy atom. The second kappa shape index (κ2) is 5.42. The van der Waals surface area contributed by atoms with Gasteiger partial charge in [0.25, 0.3) is 0 Å². The van der Waals surface area contributed by atoms with Crippen molar-refractivity contribution in [1.82, 2.24) is 19.5 Å². The van der Waals surface area contributed by atoms with Crippen molar-refractivity contribution in [3.8, 4) is 5.88 Å². The minimum Gasteiger partial charge on any atom is -0.479 e. The topological polar surface area (TPSA) is 62.1 Å². The molecule has 0 spiro atoms. The minimum atomic E-state index is -0.153. The van der Waals surface area contributed by atoms with Gasteiger partial charge in [0.2, 0.25) is 5.88 Å². The lowest BCUT2D eigenvalue weighted by Gasteiger charge is -2.36. The van der Waals surface area contributed by atoms with Gasteiger partial charge in [0, 0.05) is 12.6 Å². The number of halogens is 1. The van der Waals surface area contributed by atoms with Crippen molar-refractivity contribution in [2.75, 3.05) is 13.7 Å². The van der Waals surface area contributed by atoms with Crippen LogP contribution in [0.25, 0.3) is 11.2 Å². The number of hydrogen-bond acceptors (Lipinski definition) is 5. The number of rotatable bonds is 3. The number of nitrogens with zero attached hydrogens (tertiary/aromatic N) is 4. The first kappa shape index (κ1) is 14.5. The number of ether oxygens (including phenoxy) is 2. The van der Waals surface area contributed by atoms with E-state index in [1.54, 1.807) is 7.11 Å².